The van der Waals surface area contributed by atoms with Crippen molar-refractivity contribution in [2.75, 3.05) is 18.7 Å². The van der Waals surface area contributed by atoms with E-state index in [1.54, 1.807) is 6.33 Å². The van der Waals surface area contributed by atoms with Gasteiger partial charge in [0.25, 0.3) is 0 Å². The fourth-order valence-electron chi connectivity index (χ4n) is 2.68. The Morgan fingerprint density at radius 3 is 2.75 bits per heavy atom. The van der Waals surface area contributed by atoms with Gasteiger partial charge >= 0.3 is 0 Å². The van der Waals surface area contributed by atoms with Gasteiger partial charge in [0.1, 0.15) is 16.3 Å². The van der Waals surface area contributed by atoms with Crippen LogP contribution in [0.3, 0.4) is 0 Å². The molecule has 9 heteroatoms. The summed E-state index contributed by atoms with van der Waals surface area (Å²) in [5.74, 6) is 1.10. The maximum Gasteiger partial charge on any atom is 0.223 e. The molecule has 0 bridgehead atoms. The van der Waals surface area contributed by atoms with Crippen LogP contribution in [-0.2, 0) is 11.3 Å². The summed E-state index contributed by atoms with van der Waals surface area (Å²) >= 11 is 1.51. The van der Waals surface area contributed by atoms with Crippen LogP contribution in [0.4, 0.5) is 5.95 Å². The Kier molecular flexibility index (Phi) is 7.48. The molecule has 0 aliphatic carbocycles. The van der Waals surface area contributed by atoms with Gasteiger partial charge in [-0.1, -0.05) is 25.1 Å². The first-order valence-electron chi connectivity index (χ1n) is 9.31. The number of nitrogens with two attached hydrogens (primary N) is 1. The van der Waals surface area contributed by atoms with Crippen molar-refractivity contribution in [3.8, 4) is 5.75 Å². The van der Waals surface area contributed by atoms with Gasteiger partial charge < -0.3 is 19.8 Å². The van der Waals surface area contributed by atoms with Crippen molar-refractivity contribution in [1.29, 1.82) is 0 Å². The van der Waals surface area contributed by atoms with Crippen molar-refractivity contribution in [3.63, 3.8) is 0 Å². The molecule has 1 aromatic carbocycles. The smallest absolute Gasteiger partial charge is 0.223 e. The Labute approximate surface area is 171 Å². The highest BCUT2D eigenvalue weighted by molar-refractivity contribution is 7.99. The molecule has 0 saturated heterocycles. The Hall–Kier alpha value is -1.89. The van der Waals surface area contributed by atoms with Gasteiger partial charge in [0, 0.05) is 4.90 Å². The first-order valence-corrected chi connectivity index (χ1v) is 10.9. The number of nitrogen functional groups attached to an aromatic ring is 1. The highest BCUT2D eigenvalue weighted by Gasteiger charge is 2.15. The third-order valence-corrected chi connectivity index (χ3v) is 5.27. The summed E-state index contributed by atoms with van der Waals surface area (Å²) in [6, 6.07) is 7.98. The molecule has 3 rings (SSSR count). The number of imidazole rings is 1. The number of unbranched alkanes of at least 4 members (excludes halogenated alkanes) is 1. The van der Waals surface area contributed by atoms with Crippen LogP contribution in [0.1, 0.15) is 26.7 Å². The van der Waals surface area contributed by atoms with Crippen molar-refractivity contribution in [2.24, 2.45) is 0 Å². The van der Waals surface area contributed by atoms with Gasteiger partial charge in [-0.15, -0.1) is 9.24 Å². The van der Waals surface area contributed by atoms with E-state index in [1.807, 2.05) is 35.8 Å². The molecule has 7 nitrogen and oxygen atoms in total. The minimum Gasteiger partial charge on any atom is -0.494 e. The van der Waals surface area contributed by atoms with E-state index in [1.165, 1.54) is 11.8 Å². The van der Waals surface area contributed by atoms with Crippen molar-refractivity contribution >= 4 is 38.1 Å². The van der Waals surface area contributed by atoms with Crippen LogP contribution >= 0.6 is 21.0 Å². The molecule has 2 N–H and O–H groups in total. The highest BCUT2D eigenvalue weighted by atomic mass is 32.2. The lowest BCUT2D eigenvalue weighted by molar-refractivity contribution is 0.0912. The summed E-state index contributed by atoms with van der Waals surface area (Å²) in [5, 5.41) is 0.737. The Morgan fingerprint density at radius 1 is 1.25 bits per heavy atom. The number of anilines is 1. The summed E-state index contributed by atoms with van der Waals surface area (Å²) in [4.78, 5) is 14.3. The molecule has 28 heavy (non-hydrogen) atoms. The van der Waals surface area contributed by atoms with E-state index < -0.39 is 0 Å². The van der Waals surface area contributed by atoms with Gasteiger partial charge in [-0.3, -0.25) is 0 Å². The topological polar surface area (TPSA) is 88.1 Å². The predicted molar refractivity (Wildman–Crippen MR) is 116 cm³/mol. The van der Waals surface area contributed by atoms with Crippen LogP contribution in [0.15, 0.2) is 40.5 Å². The van der Waals surface area contributed by atoms with E-state index >= 15 is 0 Å². The van der Waals surface area contributed by atoms with E-state index in [0.717, 1.165) is 40.6 Å². The molecule has 0 radical (unpaired) electrons. The third kappa shape index (κ3) is 5.34. The second kappa shape index (κ2) is 10.0. The van der Waals surface area contributed by atoms with Crippen LogP contribution < -0.4 is 10.5 Å². The molecule has 2 unspecified atom stereocenters. The van der Waals surface area contributed by atoms with Gasteiger partial charge in [0.15, 0.2) is 5.65 Å². The lowest BCUT2D eigenvalue weighted by Crippen LogP contribution is -2.15. The monoisotopic (exact) mass is 419 g/mol. The minimum absolute atomic E-state index is 0.0439. The third-order valence-electron chi connectivity index (χ3n) is 4.09. The molecule has 0 spiro atoms. The average Bonchev–Trinajstić information content (AvgIpc) is 3.06. The molecule has 3 aromatic rings. The van der Waals surface area contributed by atoms with Crippen molar-refractivity contribution < 1.29 is 9.47 Å². The molecule has 0 saturated carbocycles. The molecular formula is C19H26N5O2PS. The molecule has 2 atom stereocenters. The van der Waals surface area contributed by atoms with E-state index in [4.69, 9.17) is 15.2 Å². The summed E-state index contributed by atoms with van der Waals surface area (Å²) in [7, 11) is 2.56. The predicted octanol–water partition coefficient (Wildman–Crippen LogP) is 3.98. The maximum absolute atomic E-state index is 5.96. The number of aromatic nitrogens is 4. The molecule has 0 aliphatic heterocycles. The lowest BCUT2D eigenvalue weighted by Gasteiger charge is -2.12. The summed E-state index contributed by atoms with van der Waals surface area (Å²) < 4.78 is 13.3. The second-order valence-electron chi connectivity index (χ2n) is 6.38. The van der Waals surface area contributed by atoms with Crippen LogP contribution in [-0.4, -0.2) is 38.6 Å². The Bertz CT molecular complexity index is 903. The van der Waals surface area contributed by atoms with E-state index in [9.17, 15) is 0 Å². The number of hydrogen-bond acceptors (Lipinski definition) is 7. The van der Waals surface area contributed by atoms with Gasteiger partial charge in [-0.2, -0.15) is 4.98 Å². The molecular weight excluding hydrogens is 393 g/mol. The van der Waals surface area contributed by atoms with Crippen molar-refractivity contribution in [2.45, 2.75) is 49.3 Å². The fourth-order valence-corrected chi connectivity index (χ4v) is 3.89. The largest absolute Gasteiger partial charge is 0.494 e. The number of ether oxygens (including phenoxy) is 2. The molecule has 2 heterocycles. The zero-order valence-corrected chi connectivity index (χ0v) is 18.1. The maximum atomic E-state index is 5.96. The number of hydrogen-bond donors (Lipinski definition) is 1. The van der Waals surface area contributed by atoms with Crippen LogP contribution in [0, 0.1) is 0 Å². The molecule has 150 valence electrons. The number of fused-ring (bicyclic) bond motifs is 1. The average molecular weight is 419 g/mol. The van der Waals surface area contributed by atoms with E-state index in [-0.39, 0.29) is 12.1 Å². The van der Waals surface area contributed by atoms with E-state index in [2.05, 4.69) is 31.1 Å². The number of benzene rings is 1. The van der Waals surface area contributed by atoms with Gasteiger partial charge in [0.05, 0.1) is 31.9 Å². The van der Waals surface area contributed by atoms with E-state index in [0.29, 0.717) is 18.5 Å². The minimum atomic E-state index is 0.0439. The molecule has 0 fully saturated rings. The second-order valence-corrected chi connectivity index (χ2v) is 7.77. The number of nitrogens with zero attached hydrogens (tertiary/aromatic N) is 4. The Balaban J connectivity index is 1.78. The first kappa shape index (κ1) is 20.8. The highest BCUT2D eigenvalue weighted by Crippen LogP contribution is 2.32. The zero-order chi connectivity index (χ0) is 19.9. The number of rotatable bonds is 10. The van der Waals surface area contributed by atoms with Crippen LogP contribution in [0.5, 0.6) is 5.75 Å². The van der Waals surface area contributed by atoms with Crippen LogP contribution in [0.2, 0.25) is 0 Å². The lowest BCUT2D eigenvalue weighted by atomic mass is 10.3. The summed E-state index contributed by atoms with van der Waals surface area (Å²) in [6.07, 6.45) is 4.56. The first-order chi connectivity index (χ1) is 13.6. The Morgan fingerprint density at radius 2 is 2.04 bits per heavy atom. The van der Waals surface area contributed by atoms with Gasteiger partial charge in [-0.25, -0.2) is 9.97 Å². The molecule has 2 aromatic heterocycles. The zero-order valence-electron chi connectivity index (χ0n) is 16.2. The van der Waals surface area contributed by atoms with Crippen LogP contribution in [0.25, 0.3) is 11.2 Å². The standard InChI is InChI=1S/C19H26N5O2PS/c1-3-4-9-25-14-5-7-15(8-6-14)28-18-16-17(22-19(20)23-18)24(11-21-16)10-13(2)26-12-27/h5-8,11,13H,3-4,9-10,12,27H2,1-2H3,(H2,20,22,23). The molecule has 0 aliphatic rings. The van der Waals surface area contributed by atoms with Crippen molar-refractivity contribution in [1.82, 2.24) is 19.5 Å². The van der Waals surface area contributed by atoms with Crippen molar-refractivity contribution in [3.05, 3.63) is 30.6 Å². The molecule has 0 amide bonds. The quantitative estimate of drug-likeness (QED) is 0.302. The van der Waals surface area contributed by atoms with Gasteiger partial charge in [0.2, 0.25) is 5.95 Å². The SMILES string of the molecule is CCCCOc1ccc(Sc2nc(N)nc3c2ncn3CC(C)OCP)cc1. The normalized spacial score (nSPS) is 12.4. The fraction of sp³-hybridized carbons (Fsp3) is 0.421. The summed E-state index contributed by atoms with van der Waals surface area (Å²) in [6.45, 7) is 5.55. The summed E-state index contributed by atoms with van der Waals surface area (Å²) in [5.41, 5.74) is 7.41. The van der Waals surface area contributed by atoms with Gasteiger partial charge in [-0.05, 0) is 37.6 Å².